The highest BCUT2D eigenvalue weighted by Crippen LogP contribution is 2.24. The molecule has 0 saturated carbocycles. The topological polar surface area (TPSA) is 85.6 Å². The Morgan fingerprint density at radius 2 is 2.00 bits per heavy atom. The summed E-state index contributed by atoms with van der Waals surface area (Å²) in [7, 11) is 0. The molecule has 1 N–H and O–H groups in total. The molecule has 0 spiro atoms. The molecule has 7 nitrogen and oxygen atoms in total. The number of aromatic nitrogens is 1. The fourth-order valence-electron chi connectivity index (χ4n) is 3.55. The summed E-state index contributed by atoms with van der Waals surface area (Å²) in [6.07, 6.45) is 4.69. The highest BCUT2D eigenvalue weighted by Gasteiger charge is 2.25. The third-order valence-electron chi connectivity index (χ3n) is 5.04. The normalized spacial score (nSPS) is 18.8. The second-order valence-electron chi connectivity index (χ2n) is 6.90. The summed E-state index contributed by atoms with van der Waals surface area (Å²) >= 11 is 0. The first-order valence-electron chi connectivity index (χ1n) is 9.12. The molecule has 0 radical (unpaired) electrons. The van der Waals surface area contributed by atoms with Crippen LogP contribution >= 0.6 is 0 Å². The average Bonchev–Trinajstić information content (AvgIpc) is 3.22. The van der Waals surface area contributed by atoms with Gasteiger partial charge in [-0.15, -0.1) is 0 Å². The summed E-state index contributed by atoms with van der Waals surface area (Å²) in [6, 6.07) is 8.89. The standard InChI is InChI=1S/C20H21N3O4/c24-19(18-2-1-11-27-18)21-17-4-3-14-5-8-22(13-16(14)12-17)20(25)15-6-9-23(26)10-7-15/h3-4,6-7,9-10,12,18H,1-2,5,8,11,13H2,(H,21,24). The van der Waals surface area contributed by atoms with Gasteiger partial charge in [-0.2, -0.15) is 4.73 Å². The number of ether oxygens (including phenoxy) is 1. The Labute approximate surface area is 157 Å². The Hall–Kier alpha value is -2.93. The van der Waals surface area contributed by atoms with Crippen LogP contribution in [-0.2, 0) is 22.5 Å². The molecular formula is C20H21N3O4. The average molecular weight is 367 g/mol. The number of benzene rings is 1. The van der Waals surface area contributed by atoms with Gasteiger partial charge in [-0.1, -0.05) is 6.07 Å². The largest absolute Gasteiger partial charge is 0.619 e. The first kappa shape index (κ1) is 17.5. The zero-order valence-corrected chi connectivity index (χ0v) is 14.9. The molecule has 0 bridgehead atoms. The van der Waals surface area contributed by atoms with E-state index >= 15 is 0 Å². The van der Waals surface area contributed by atoms with Crippen LogP contribution in [0.2, 0.25) is 0 Å². The number of carbonyl (C=O) groups is 2. The number of carbonyl (C=O) groups excluding carboxylic acids is 2. The maximum atomic E-state index is 12.7. The van der Waals surface area contributed by atoms with E-state index in [9.17, 15) is 14.8 Å². The molecule has 1 saturated heterocycles. The molecule has 1 aromatic heterocycles. The maximum Gasteiger partial charge on any atom is 0.254 e. The Kier molecular flexibility index (Phi) is 4.77. The molecule has 2 amide bonds. The quantitative estimate of drug-likeness (QED) is 0.660. The van der Waals surface area contributed by atoms with Crippen molar-refractivity contribution in [3.8, 4) is 0 Å². The fraction of sp³-hybridized carbons (Fsp3) is 0.350. The van der Waals surface area contributed by atoms with Crippen LogP contribution in [0.3, 0.4) is 0 Å². The molecule has 27 heavy (non-hydrogen) atoms. The summed E-state index contributed by atoms with van der Waals surface area (Å²) in [6.45, 7) is 1.73. The van der Waals surface area contributed by atoms with E-state index in [4.69, 9.17) is 4.74 Å². The minimum absolute atomic E-state index is 0.102. The van der Waals surface area contributed by atoms with Crippen molar-refractivity contribution in [1.82, 2.24) is 4.90 Å². The first-order chi connectivity index (χ1) is 13.1. The summed E-state index contributed by atoms with van der Waals surface area (Å²) < 4.78 is 6.07. The second kappa shape index (κ2) is 7.36. The highest BCUT2D eigenvalue weighted by molar-refractivity contribution is 5.95. The maximum absolute atomic E-state index is 12.7. The number of hydrogen-bond acceptors (Lipinski definition) is 4. The van der Waals surface area contributed by atoms with Gasteiger partial charge in [0.2, 0.25) is 0 Å². The van der Waals surface area contributed by atoms with Crippen molar-refractivity contribution >= 4 is 17.5 Å². The molecule has 3 heterocycles. The summed E-state index contributed by atoms with van der Waals surface area (Å²) in [5, 5.41) is 14.1. The number of hydrogen-bond donors (Lipinski definition) is 1. The van der Waals surface area contributed by atoms with Crippen molar-refractivity contribution in [2.45, 2.75) is 31.9 Å². The van der Waals surface area contributed by atoms with Crippen LogP contribution in [0.5, 0.6) is 0 Å². The van der Waals surface area contributed by atoms with Gasteiger partial charge in [-0.05, 0) is 42.5 Å². The van der Waals surface area contributed by atoms with E-state index in [1.165, 1.54) is 30.1 Å². The second-order valence-corrected chi connectivity index (χ2v) is 6.90. The predicted molar refractivity (Wildman–Crippen MR) is 97.9 cm³/mol. The van der Waals surface area contributed by atoms with Gasteiger partial charge in [-0.3, -0.25) is 9.59 Å². The lowest BCUT2D eigenvalue weighted by atomic mass is 9.98. The number of nitrogens with zero attached hydrogens (tertiary/aromatic N) is 2. The van der Waals surface area contributed by atoms with E-state index in [2.05, 4.69) is 5.32 Å². The molecule has 7 heteroatoms. The van der Waals surface area contributed by atoms with E-state index in [1.807, 2.05) is 18.2 Å². The molecular weight excluding hydrogens is 346 g/mol. The van der Waals surface area contributed by atoms with Crippen LogP contribution in [0.1, 0.15) is 34.3 Å². The van der Waals surface area contributed by atoms with Crippen LogP contribution < -0.4 is 10.0 Å². The number of amides is 2. The molecule has 2 aliphatic heterocycles. The molecule has 4 rings (SSSR count). The Morgan fingerprint density at radius 1 is 1.19 bits per heavy atom. The molecule has 1 unspecified atom stereocenters. The number of nitrogens with one attached hydrogen (secondary N) is 1. The molecule has 2 aromatic rings. The minimum atomic E-state index is -0.374. The molecule has 0 aliphatic carbocycles. The predicted octanol–water partition coefficient (Wildman–Crippen LogP) is 1.64. The van der Waals surface area contributed by atoms with E-state index in [-0.39, 0.29) is 17.9 Å². The van der Waals surface area contributed by atoms with Crippen molar-refractivity contribution < 1.29 is 19.1 Å². The number of rotatable bonds is 3. The van der Waals surface area contributed by atoms with E-state index in [0.717, 1.165) is 30.5 Å². The van der Waals surface area contributed by atoms with Crippen molar-refractivity contribution in [1.29, 1.82) is 0 Å². The SMILES string of the molecule is O=C(Nc1ccc2c(c1)CN(C(=O)c1cc[n+]([O-])cc1)CC2)C1CCCO1. The number of anilines is 1. The van der Waals surface area contributed by atoms with E-state index in [1.54, 1.807) is 4.90 Å². The van der Waals surface area contributed by atoms with Crippen LogP contribution in [0.15, 0.2) is 42.7 Å². The summed E-state index contributed by atoms with van der Waals surface area (Å²) in [5.74, 6) is -0.221. The Morgan fingerprint density at radius 3 is 2.74 bits per heavy atom. The van der Waals surface area contributed by atoms with Crippen molar-refractivity contribution in [3.05, 3.63) is 64.6 Å². The van der Waals surface area contributed by atoms with Crippen LogP contribution in [-0.4, -0.2) is 36.0 Å². The van der Waals surface area contributed by atoms with Crippen LogP contribution in [0.25, 0.3) is 0 Å². The molecule has 140 valence electrons. The van der Waals surface area contributed by atoms with E-state index < -0.39 is 0 Å². The van der Waals surface area contributed by atoms with Crippen LogP contribution in [0.4, 0.5) is 5.69 Å². The third kappa shape index (κ3) is 3.78. The van der Waals surface area contributed by atoms with Gasteiger partial charge in [0.1, 0.15) is 6.10 Å². The minimum Gasteiger partial charge on any atom is -0.619 e. The summed E-state index contributed by atoms with van der Waals surface area (Å²) in [5.41, 5.74) is 3.42. The summed E-state index contributed by atoms with van der Waals surface area (Å²) in [4.78, 5) is 26.7. The van der Waals surface area contributed by atoms with Crippen molar-refractivity contribution in [2.75, 3.05) is 18.5 Å². The van der Waals surface area contributed by atoms with Gasteiger partial charge in [0.15, 0.2) is 12.4 Å². The molecule has 1 atom stereocenters. The van der Waals surface area contributed by atoms with Gasteiger partial charge < -0.3 is 20.2 Å². The Balaban J connectivity index is 1.47. The van der Waals surface area contributed by atoms with Gasteiger partial charge in [0, 0.05) is 37.5 Å². The van der Waals surface area contributed by atoms with E-state index in [0.29, 0.717) is 30.0 Å². The zero-order chi connectivity index (χ0) is 18.8. The molecule has 1 aromatic carbocycles. The smallest absolute Gasteiger partial charge is 0.254 e. The van der Waals surface area contributed by atoms with Gasteiger partial charge >= 0.3 is 0 Å². The van der Waals surface area contributed by atoms with Gasteiger partial charge in [-0.25, -0.2) is 0 Å². The lowest BCUT2D eigenvalue weighted by Crippen LogP contribution is -2.36. The Bertz CT molecular complexity index is 860. The number of fused-ring (bicyclic) bond motifs is 1. The lowest BCUT2D eigenvalue weighted by Gasteiger charge is -2.29. The van der Waals surface area contributed by atoms with Crippen molar-refractivity contribution in [2.24, 2.45) is 0 Å². The fourth-order valence-corrected chi connectivity index (χ4v) is 3.55. The monoisotopic (exact) mass is 367 g/mol. The number of pyridine rings is 1. The van der Waals surface area contributed by atoms with Crippen LogP contribution in [0, 0.1) is 5.21 Å². The first-order valence-corrected chi connectivity index (χ1v) is 9.12. The zero-order valence-electron chi connectivity index (χ0n) is 14.9. The lowest BCUT2D eigenvalue weighted by molar-refractivity contribution is -0.605. The van der Waals surface area contributed by atoms with Crippen molar-refractivity contribution in [3.63, 3.8) is 0 Å². The third-order valence-corrected chi connectivity index (χ3v) is 5.04. The molecule has 2 aliphatic rings. The van der Waals surface area contributed by atoms with Gasteiger partial charge in [0.25, 0.3) is 11.8 Å². The van der Waals surface area contributed by atoms with Gasteiger partial charge in [0.05, 0.1) is 5.56 Å². The molecule has 1 fully saturated rings. The highest BCUT2D eigenvalue weighted by atomic mass is 16.5.